The molecule has 1 saturated heterocycles. The zero-order valence-corrected chi connectivity index (χ0v) is 8.76. The summed E-state index contributed by atoms with van der Waals surface area (Å²) < 4.78 is 5.01. The van der Waals surface area contributed by atoms with E-state index in [9.17, 15) is 9.59 Å². The van der Waals surface area contributed by atoms with E-state index in [0.717, 1.165) is 6.42 Å². The molecule has 1 amide bonds. The number of nitrogens with zero attached hydrogens (tertiary/aromatic N) is 1. The Morgan fingerprint density at radius 1 is 1.50 bits per heavy atom. The van der Waals surface area contributed by atoms with Crippen LogP contribution in [0.5, 0.6) is 0 Å². The lowest BCUT2D eigenvalue weighted by Gasteiger charge is -2.29. The number of carbonyl (C=O) groups is 2. The van der Waals surface area contributed by atoms with E-state index in [1.54, 1.807) is 17.0 Å². The van der Waals surface area contributed by atoms with Crippen LogP contribution in [0, 0.1) is 5.92 Å². The Bertz CT molecular complexity index is 385. The van der Waals surface area contributed by atoms with Gasteiger partial charge in [-0.2, -0.15) is 0 Å². The molecular weight excluding hydrogens is 210 g/mol. The Hall–Kier alpha value is -1.78. The first kappa shape index (κ1) is 10.7. The standard InChI is InChI=1S/C11H13NO4/c13-10(9-4-2-6-16-9)12-5-1-3-8(7-12)11(14)15/h2,4,6,8H,1,3,5,7H2,(H,14,15). The minimum atomic E-state index is -0.836. The lowest BCUT2D eigenvalue weighted by atomic mass is 9.98. The fraction of sp³-hybridized carbons (Fsp3) is 0.455. The molecule has 5 nitrogen and oxygen atoms in total. The third kappa shape index (κ3) is 2.08. The Balaban J connectivity index is 2.05. The Morgan fingerprint density at radius 2 is 2.31 bits per heavy atom. The fourth-order valence-electron chi connectivity index (χ4n) is 1.92. The summed E-state index contributed by atoms with van der Waals surface area (Å²) in [7, 11) is 0. The zero-order chi connectivity index (χ0) is 11.5. The summed E-state index contributed by atoms with van der Waals surface area (Å²) in [6.07, 6.45) is 2.80. The molecule has 1 aromatic rings. The van der Waals surface area contributed by atoms with Gasteiger partial charge in [-0.1, -0.05) is 0 Å². The van der Waals surface area contributed by atoms with Crippen molar-refractivity contribution in [1.82, 2.24) is 4.90 Å². The van der Waals surface area contributed by atoms with Crippen molar-refractivity contribution in [2.24, 2.45) is 5.92 Å². The van der Waals surface area contributed by atoms with Crippen molar-refractivity contribution in [2.75, 3.05) is 13.1 Å². The first-order valence-corrected chi connectivity index (χ1v) is 5.24. The van der Waals surface area contributed by atoms with Gasteiger partial charge in [-0.15, -0.1) is 0 Å². The third-order valence-electron chi connectivity index (χ3n) is 2.79. The van der Waals surface area contributed by atoms with Crippen LogP contribution in [0.3, 0.4) is 0 Å². The number of piperidine rings is 1. The van der Waals surface area contributed by atoms with Gasteiger partial charge in [0.1, 0.15) is 0 Å². The monoisotopic (exact) mass is 223 g/mol. The van der Waals surface area contributed by atoms with Crippen molar-refractivity contribution in [3.63, 3.8) is 0 Å². The maximum absolute atomic E-state index is 11.9. The third-order valence-corrected chi connectivity index (χ3v) is 2.79. The molecule has 1 aromatic heterocycles. The highest BCUT2D eigenvalue weighted by Crippen LogP contribution is 2.18. The molecule has 5 heteroatoms. The zero-order valence-electron chi connectivity index (χ0n) is 8.76. The second kappa shape index (κ2) is 4.38. The first-order chi connectivity index (χ1) is 7.68. The predicted octanol–water partition coefficient (Wildman–Crippen LogP) is 1.22. The Labute approximate surface area is 92.7 Å². The number of hydrogen-bond donors (Lipinski definition) is 1. The average molecular weight is 223 g/mol. The van der Waals surface area contributed by atoms with Gasteiger partial charge in [0, 0.05) is 13.1 Å². The highest BCUT2D eigenvalue weighted by Gasteiger charge is 2.29. The van der Waals surface area contributed by atoms with Crippen LogP contribution < -0.4 is 0 Å². The van der Waals surface area contributed by atoms with Crippen molar-refractivity contribution in [2.45, 2.75) is 12.8 Å². The summed E-state index contributed by atoms with van der Waals surface area (Å²) in [6, 6.07) is 3.23. The summed E-state index contributed by atoms with van der Waals surface area (Å²) in [4.78, 5) is 24.3. The number of carbonyl (C=O) groups excluding carboxylic acids is 1. The molecule has 1 N–H and O–H groups in total. The number of likely N-dealkylation sites (tertiary alicyclic amines) is 1. The maximum atomic E-state index is 11.9. The molecule has 0 radical (unpaired) electrons. The van der Waals surface area contributed by atoms with E-state index in [2.05, 4.69) is 0 Å². The van der Waals surface area contributed by atoms with Gasteiger partial charge < -0.3 is 14.4 Å². The number of aliphatic carboxylic acids is 1. The molecule has 86 valence electrons. The number of hydrogen-bond acceptors (Lipinski definition) is 3. The van der Waals surface area contributed by atoms with Crippen LogP contribution in [0.1, 0.15) is 23.4 Å². The lowest BCUT2D eigenvalue weighted by molar-refractivity contribution is -0.143. The van der Waals surface area contributed by atoms with Gasteiger partial charge in [-0.05, 0) is 25.0 Å². The maximum Gasteiger partial charge on any atom is 0.308 e. The first-order valence-electron chi connectivity index (χ1n) is 5.24. The highest BCUT2D eigenvalue weighted by atomic mass is 16.4. The molecule has 16 heavy (non-hydrogen) atoms. The van der Waals surface area contributed by atoms with Crippen LogP contribution in [-0.4, -0.2) is 35.0 Å². The normalized spacial score (nSPS) is 20.8. The van der Waals surface area contributed by atoms with Crippen LogP contribution in [0.4, 0.5) is 0 Å². The van der Waals surface area contributed by atoms with Crippen LogP contribution in [-0.2, 0) is 4.79 Å². The molecule has 1 atom stereocenters. The number of amides is 1. The van der Waals surface area contributed by atoms with E-state index < -0.39 is 11.9 Å². The minimum absolute atomic E-state index is 0.226. The number of carboxylic acid groups (broad SMARTS) is 1. The fourth-order valence-corrected chi connectivity index (χ4v) is 1.92. The summed E-state index contributed by atoms with van der Waals surface area (Å²) in [5.41, 5.74) is 0. The van der Waals surface area contributed by atoms with E-state index >= 15 is 0 Å². The summed E-state index contributed by atoms with van der Waals surface area (Å²) in [6.45, 7) is 0.873. The molecule has 1 aliphatic rings. The van der Waals surface area contributed by atoms with Gasteiger partial charge in [0.2, 0.25) is 0 Å². The van der Waals surface area contributed by atoms with E-state index in [0.29, 0.717) is 13.0 Å². The number of rotatable bonds is 2. The van der Waals surface area contributed by atoms with E-state index in [1.807, 2.05) is 0 Å². The molecule has 1 unspecified atom stereocenters. The van der Waals surface area contributed by atoms with Gasteiger partial charge in [0.15, 0.2) is 5.76 Å². The van der Waals surface area contributed by atoms with Crippen LogP contribution >= 0.6 is 0 Å². The Morgan fingerprint density at radius 3 is 2.94 bits per heavy atom. The van der Waals surface area contributed by atoms with E-state index in [-0.39, 0.29) is 18.2 Å². The summed E-state index contributed by atoms with van der Waals surface area (Å²) in [5, 5.41) is 8.91. The highest BCUT2D eigenvalue weighted by molar-refractivity contribution is 5.91. The second-order valence-corrected chi connectivity index (χ2v) is 3.91. The summed E-state index contributed by atoms with van der Waals surface area (Å²) >= 11 is 0. The Kier molecular flexibility index (Phi) is 2.94. The van der Waals surface area contributed by atoms with Crippen LogP contribution in [0.15, 0.2) is 22.8 Å². The quantitative estimate of drug-likeness (QED) is 0.818. The van der Waals surface area contributed by atoms with Crippen molar-refractivity contribution in [1.29, 1.82) is 0 Å². The second-order valence-electron chi connectivity index (χ2n) is 3.91. The molecule has 0 aliphatic carbocycles. The van der Waals surface area contributed by atoms with E-state index in [4.69, 9.17) is 9.52 Å². The largest absolute Gasteiger partial charge is 0.481 e. The van der Waals surface area contributed by atoms with Gasteiger partial charge in [-0.3, -0.25) is 9.59 Å². The average Bonchev–Trinajstić information content (AvgIpc) is 2.81. The molecule has 0 saturated carbocycles. The SMILES string of the molecule is O=C(O)C1CCCN(C(=O)c2ccco2)C1. The van der Waals surface area contributed by atoms with Crippen LogP contribution in [0.2, 0.25) is 0 Å². The number of furan rings is 1. The van der Waals surface area contributed by atoms with Gasteiger partial charge in [-0.25, -0.2) is 0 Å². The topological polar surface area (TPSA) is 70.8 Å². The van der Waals surface area contributed by atoms with Crippen molar-refractivity contribution < 1.29 is 19.1 Å². The van der Waals surface area contributed by atoms with Gasteiger partial charge in [0.25, 0.3) is 5.91 Å². The lowest BCUT2D eigenvalue weighted by Crippen LogP contribution is -2.42. The molecule has 1 fully saturated rings. The smallest absolute Gasteiger partial charge is 0.308 e. The molecule has 0 aromatic carbocycles. The molecule has 2 heterocycles. The molecule has 2 rings (SSSR count). The van der Waals surface area contributed by atoms with Crippen molar-refractivity contribution in [3.05, 3.63) is 24.2 Å². The van der Waals surface area contributed by atoms with Crippen molar-refractivity contribution in [3.8, 4) is 0 Å². The molecule has 1 aliphatic heterocycles. The van der Waals surface area contributed by atoms with E-state index in [1.165, 1.54) is 6.26 Å². The summed E-state index contributed by atoms with van der Waals surface area (Å²) in [5.74, 6) is -1.24. The van der Waals surface area contributed by atoms with Crippen LogP contribution in [0.25, 0.3) is 0 Å². The molecule has 0 bridgehead atoms. The minimum Gasteiger partial charge on any atom is -0.481 e. The number of carboxylic acids is 1. The predicted molar refractivity (Wildman–Crippen MR) is 55.0 cm³/mol. The molecular formula is C11H13NO4. The van der Waals surface area contributed by atoms with Gasteiger partial charge in [0.05, 0.1) is 12.2 Å². The van der Waals surface area contributed by atoms with Crippen molar-refractivity contribution >= 4 is 11.9 Å². The molecule has 0 spiro atoms. The van der Waals surface area contributed by atoms with Gasteiger partial charge >= 0.3 is 5.97 Å².